The van der Waals surface area contributed by atoms with E-state index in [1.807, 2.05) is 11.6 Å². The molecular weight excluding hydrogens is 371 g/mol. The molecule has 27 heavy (non-hydrogen) atoms. The molecule has 7 nitrogen and oxygen atoms in total. The number of aryl methyl sites for hydroxylation is 1. The van der Waals surface area contributed by atoms with Gasteiger partial charge in [-0.2, -0.15) is 13.9 Å². The van der Waals surface area contributed by atoms with E-state index in [1.165, 1.54) is 27.0 Å². The average molecular weight is 390 g/mol. The Labute approximate surface area is 155 Å². The molecule has 0 atom stereocenters. The number of hydrogen-bond donors (Lipinski definition) is 0. The third-order valence-electron chi connectivity index (χ3n) is 5.14. The predicted octanol–water partition coefficient (Wildman–Crippen LogP) is 1.74. The molecule has 1 aliphatic rings. The van der Waals surface area contributed by atoms with E-state index in [-0.39, 0.29) is 16.4 Å². The van der Waals surface area contributed by atoms with Crippen LogP contribution in [0.1, 0.15) is 24.5 Å². The standard InChI is InChI=1S/C18H19FN4O3S/c1-21-16(12-18(24)23-17(21)5-8-20-23)13-6-9-22(10-7-13)27(25,26)15-4-2-3-14(19)11-15/h2-5,8,11-13H,6-7,9-10H2,1H3. The molecule has 1 fully saturated rings. The van der Waals surface area contributed by atoms with Crippen molar-refractivity contribution >= 4 is 15.7 Å². The number of hydrogen-bond acceptors (Lipinski definition) is 4. The molecule has 3 aromatic rings. The van der Waals surface area contributed by atoms with Crippen LogP contribution in [0, 0.1) is 5.82 Å². The van der Waals surface area contributed by atoms with E-state index in [2.05, 4.69) is 5.10 Å². The van der Waals surface area contributed by atoms with E-state index in [9.17, 15) is 17.6 Å². The zero-order valence-corrected chi connectivity index (χ0v) is 15.6. The molecule has 142 valence electrons. The van der Waals surface area contributed by atoms with Gasteiger partial charge in [-0.15, -0.1) is 0 Å². The largest absolute Gasteiger partial charge is 0.333 e. The first-order valence-corrected chi connectivity index (χ1v) is 10.1. The second-order valence-corrected chi connectivity index (χ2v) is 8.64. The molecule has 0 N–H and O–H groups in total. The van der Waals surface area contributed by atoms with Crippen molar-refractivity contribution < 1.29 is 12.8 Å². The van der Waals surface area contributed by atoms with Gasteiger partial charge in [0, 0.05) is 43.9 Å². The second kappa shape index (κ2) is 6.58. The predicted molar refractivity (Wildman–Crippen MR) is 97.6 cm³/mol. The van der Waals surface area contributed by atoms with Gasteiger partial charge in [-0.1, -0.05) is 6.07 Å². The quantitative estimate of drug-likeness (QED) is 0.683. The molecular formula is C18H19FN4O3S. The first-order valence-electron chi connectivity index (χ1n) is 8.67. The summed E-state index contributed by atoms with van der Waals surface area (Å²) < 4.78 is 43.5. The van der Waals surface area contributed by atoms with Crippen molar-refractivity contribution in [2.45, 2.75) is 23.7 Å². The first kappa shape index (κ1) is 17.9. The zero-order chi connectivity index (χ0) is 19.2. The maximum absolute atomic E-state index is 13.4. The van der Waals surface area contributed by atoms with Gasteiger partial charge >= 0.3 is 0 Å². The minimum Gasteiger partial charge on any atom is -0.333 e. The van der Waals surface area contributed by atoms with Crippen LogP contribution in [0.25, 0.3) is 5.65 Å². The molecule has 0 bridgehead atoms. The lowest BCUT2D eigenvalue weighted by atomic mass is 9.94. The van der Waals surface area contributed by atoms with Crippen LogP contribution in [0.4, 0.5) is 4.39 Å². The lowest BCUT2D eigenvalue weighted by molar-refractivity contribution is 0.313. The van der Waals surface area contributed by atoms with E-state index in [0.717, 1.165) is 11.8 Å². The Balaban J connectivity index is 1.58. The molecule has 1 aliphatic heterocycles. The van der Waals surface area contributed by atoms with Gasteiger partial charge in [0.05, 0.1) is 11.1 Å². The fourth-order valence-corrected chi connectivity index (χ4v) is 5.20. The highest BCUT2D eigenvalue weighted by Crippen LogP contribution is 2.30. The van der Waals surface area contributed by atoms with Crippen LogP contribution in [0.2, 0.25) is 0 Å². The molecule has 2 aromatic heterocycles. The summed E-state index contributed by atoms with van der Waals surface area (Å²) >= 11 is 0. The Hall–Kier alpha value is -2.52. The summed E-state index contributed by atoms with van der Waals surface area (Å²) in [5.41, 5.74) is 1.38. The van der Waals surface area contributed by atoms with Gasteiger partial charge in [-0.25, -0.2) is 12.8 Å². The highest BCUT2D eigenvalue weighted by Gasteiger charge is 2.31. The van der Waals surface area contributed by atoms with E-state index in [1.54, 1.807) is 18.3 Å². The fraction of sp³-hybridized carbons (Fsp3) is 0.333. The lowest BCUT2D eigenvalue weighted by Crippen LogP contribution is -2.38. The van der Waals surface area contributed by atoms with E-state index in [0.29, 0.717) is 31.6 Å². The summed E-state index contributed by atoms with van der Waals surface area (Å²) in [5.74, 6) is -0.503. The van der Waals surface area contributed by atoms with Gasteiger partial charge in [0.2, 0.25) is 10.0 Å². The molecule has 0 aliphatic carbocycles. The number of sulfonamides is 1. The van der Waals surface area contributed by atoms with Gasteiger partial charge in [0.15, 0.2) is 0 Å². The smallest absolute Gasteiger partial charge is 0.274 e. The van der Waals surface area contributed by atoms with Crippen LogP contribution in [0.3, 0.4) is 0 Å². The Kier molecular flexibility index (Phi) is 4.35. The molecule has 0 spiro atoms. The Bertz CT molecular complexity index is 1160. The minimum absolute atomic E-state index is 0.0333. The van der Waals surface area contributed by atoms with Crippen molar-refractivity contribution in [2.75, 3.05) is 13.1 Å². The zero-order valence-electron chi connectivity index (χ0n) is 14.7. The number of piperidine rings is 1. The van der Waals surface area contributed by atoms with Crippen LogP contribution in [0.5, 0.6) is 0 Å². The fourth-order valence-electron chi connectivity index (χ4n) is 3.70. The number of benzene rings is 1. The topological polar surface area (TPSA) is 76.7 Å². The van der Waals surface area contributed by atoms with Gasteiger partial charge in [-0.3, -0.25) is 4.79 Å². The monoisotopic (exact) mass is 390 g/mol. The number of halogens is 1. The van der Waals surface area contributed by atoms with Crippen LogP contribution in [0.15, 0.2) is 52.3 Å². The van der Waals surface area contributed by atoms with E-state index in [4.69, 9.17) is 0 Å². The third-order valence-corrected chi connectivity index (χ3v) is 7.03. The highest BCUT2D eigenvalue weighted by atomic mass is 32.2. The lowest BCUT2D eigenvalue weighted by Gasteiger charge is -2.32. The van der Waals surface area contributed by atoms with Gasteiger partial charge in [0.25, 0.3) is 5.56 Å². The van der Waals surface area contributed by atoms with Crippen molar-refractivity contribution in [1.29, 1.82) is 0 Å². The maximum atomic E-state index is 13.4. The number of aromatic nitrogens is 3. The molecule has 0 saturated carbocycles. The molecule has 1 aromatic carbocycles. The Morgan fingerprint density at radius 2 is 1.89 bits per heavy atom. The molecule has 4 rings (SSSR count). The third kappa shape index (κ3) is 3.06. The van der Waals surface area contributed by atoms with Gasteiger partial charge in [0.1, 0.15) is 11.5 Å². The summed E-state index contributed by atoms with van der Waals surface area (Å²) in [4.78, 5) is 12.2. The van der Waals surface area contributed by atoms with Crippen LogP contribution < -0.4 is 5.56 Å². The Morgan fingerprint density at radius 3 is 2.59 bits per heavy atom. The number of rotatable bonds is 3. The van der Waals surface area contributed by atoms with Crippen molar-refractivity contribution in [3.63, 3.8) is 0 Å². The minimum atomic E-state index is -3.72. The summed E-state index contributed by atoms with van der Waals surface area (Å²) in [5, 5.41) is 4.02. The molecule has 0 radical (unpaired) electrons. The second-order valence-electron chi connectivity index (χ2n) is 6.70. The highest BCUT2D eigenvalue weighted by molar-refractivity contribution is 7.89. The Morgan fingerprint density at radius 1 is 1.15 bits per heavy atom. The molecule has 9 heteroatoms. The van der Waals surface area contributed by atoms with Crippen LogP contribution >= 0.6 is 0 Å². The summed E-state index contributed by atoms with van der Waals surface area (Å²) in [6.45, 7) is 0.643. The van der Waals surface area contributed by atoms with Crippen LogP contribution in [-0.2, 0) is 17.1 Å². The number of nitrogens with zero attached hydrogens (tertiary/aromatic N) is 4. The maximum Gasteiger partial charge on any atom is 0.274 e. The van der Waals surface area contributed by atoms with Crippen molar-refractivity contribution in [3.05, 3.63) is 64.5 Å². The molecule has 3 heterocycles. The summed E-state index contributed by atoms with van der Waals surface area (Å²) in [6, 6.07) is 8.40. The normalized spacial score (nSPS) is 16.8. The van der Waals surface area contributed by atoms with E-state index >= 15 is 0 Å². The SMILES string of the molecule is Cn1c(C2CCN(S(=O)(=O)c3cccc(F)c3)CC2)cc(=O)n2nccc12. The van der Waals surface area contributed by atoms with Crippen molar-refractivity contribution in [1.82, 2.24) is 18.5 Å². The summed E-state index contributed by atoms with van der Waals surface area (Å²) in [6.07, 6.45) is 2.76. The van der Waals surface area contributed by atoms with Gasteiger partial charge < -0.3 is 4.57 Å². The van der Waals surface area contributed by atoms with E-state index < -0.39 is 15.8 Å². The first-order chi connectivity index (χ1) is 12.9. The average Bonchev–Trinajstić information content (AvgIpc) is 3.16. The van der Waals surface area contributed by atoms with Crippen molar-refractivity contribution in [2.24, 2.45) is 7.05 Å². The number of fused-ring (bicyclic) bond motifs is 1. The summed E-state index contributed by atoms with van der Waals surface area (Å²) in [7, 11) is -1.85. The molecule has 1 saturated heterocycles. The van der Waals surface area contributed by atoms with Crippen LogP contribution in [-0.4, -0.2) is 40.0 Å². The molecule has 0 amide bonds. The van der Waals surface area contributed by atoms with Crippen molar-refractivity contribution in [3.8, 4) is 0 Å². The molecule has 0 unspecified atom stereocenters. The van der Waals surface area contributed by atoms with Gasteiger partial charge in [-0.05, 0) is 31.0 Å².